The molecule has 0 aliphatic carbocycles. The summed E-state index contributed by atoms with van der Waals surface area (Å²) in [6.45, 7) is 3.10. The predicted molar refractivity (Wildman–Crippen MR) is 70.5 cm³/mol. The SMILES string of the molecule is Cc1cnc(CNCc2ccccc2[N+](=O)[O-])s1. The standard InChI is InChI=1S/C12H13N3O2S/c1-9-6-14-12(18-9)8-13-7-10-4-2-3-5-11(10)15(16)17/h2-6,13H,7-8H2,1H3. The molecule has 2 rings (SSSR count). The van der Waals surface area contributed by atoms with Gasteiger partial charge in [0.15, 0.2) is 0 Å². The average Bonchev–Trinajstić information content (AvgIpc) is 2.75. The monoisotopic (exact) mass is 263 g/mol. The number of thiazole rings is 1. The number of hydrogen-bond donors (Lipinski definition) is 1. The van der Waals surface area contributed by atoms with Gasteiger partial charge < -0.3 is 5.32 Å². The lowest BCUT2D eigenvalue weighted by Crippen LogP contribution is -2.13. The number of aryl methyl sites for hydroxylation is 1. The second kappa shape index (κ2) is 5.70. The molecule has 0 unspecified atom stereocenters. The highest BCUT2D eigenvalue weighted by molar-refractivity contribution is 7.11. The summed E-state index contributed by atoms with van der Waals surface area (Å²) in [7, 11) is 0. The van der Waals surface area contributed by atoms with Crippen molar-refractivity contribution >= 4 is 17.0 Å². The van der Waals surface area contributed by atoms with E-state index in [-0.39, 0.29) is 10.6 Å². The summed E-state index contributed by atoms with van der Waals surface area (Å²) in [5.74, 6) is 0. The van der Waals surface area contributed by atoms with Crippen LogP contribution < -0.4 is 5.32 Å². The molecule has 1 aromatic carbocycles. The predicted octanol–water partition coefficient (Wildman–Crippen LogP) is 2.65. The molecule has 0 bridgehead atoms. The van der Waals surface area contributed by atoms with Gasteiger partial charge in [-0.25, -0.2) is 4.98 Å². The van der Waals surface area contributed by atoms with Gasteiger partial charge in [-0.2, -0.15) is 0 Å². The Kier molecular flexibility index (Phi) is 4.01. The molecule has 5 nitrogen and oxygen atoms in total. The maximum absolute atomic E-state index is 10.8. The highest BCUT2D eigenvalue weighted by atomic mass is 32.1. The lowest BCUT2D eigenvalue weighted by atomic mass is 10.2. The Morgan fingerprint density at radius 2 is 2.17 bits per heavy atom. The van der Waals surface area contributed by atoms with Crippen molar-refractivity contribution in [3.8, 4) is 0 Å². The molecule has 94 valence electrons. The summed E-state index contributed by atoms with van der Waals surface area (Å²) >= 11 is 1.63. The normalized spacial score (nSPS) is 10.5. The highest BCUT2D eigenvalue weighted by Crippen LogP contribution is 2.17. The Labute approximate surface area is 109 Å². The number of para-hydroxylation sites is 1. The van der Waals surface area contributed by atoms with Crippen molar-refractivity contribution in [1.82, 2.24) is 10.3 Å². The minimum Gasteiger partial charge on any atom is -0.306 e. The van der Waals surface area contributed by atoms with Crippen LogP contribution in [0.5, 0.6) is 0 Å². The molecule has 18 heavy (non-hydrogen) atoms. The number of rotatable bonds is 5. The maximum Gasteiger partial charge on any atom is 0.273 e. The Hall–Kier alpha value is -1.79. The molecule has 0 aliphatic heterocycles. The maximum atomic E-state index is 10.8. The molecular formula is C12H13N3O2S. The van der Waals surface area contributed by atoms with Gasteiger partial charge in [0.2, 0.25) is 0 Å². The van der Waals surface area contributed by atoms with Crippen molar-refractivity contribution in [2.24, 2.45) is 0 Å². The third-order valence-corrected chi connectivity index (χ3v) is 3.36. The summed E-state index contributed by atoms with van der Waals surface area (Å²) in [5, 5.41) is 15.0. The topological polar surface area (TPSA) is 68.1 Å². The molecule has 2 aromatic rings. The van der Waals surface area contributed by atoms with E-state index in [2.05, 4.69) is 10.3 Å². The second-order valence-electron chi connectivity index (χ2n) is 3.85. The molecule has 0 amide bonds. The van der Waals surface area contributed by atoms with Crippen LogP contribution in [0.1, 0.15) is 15.4 Å². The van der Waals surface area contributed by atoms with Gasteiger partial charge in [0.05, 0.1) is 4.92 Å². The Balaban J connectivity index is 1.96. The van der Waals surface area contributed by atoms with Crippen LogP contribution in [-0.2, 0) is 13.1 Å². The zero-order valence-corrected chi connectivity index (χ0v) is 10.7. The van der Waals surface area contributed by atoms with Crippen LogP contribution in [0.25, 0.3) is 0 Å². The van der Waals surface area contributed by atoms with Gasteiger partial charge in [-0.3, -0.25) is 10.1 Å². The van der Waals surface area contributed by atoms with E-state index >= 15 is 0 Å². The molecule has 0 radical (unpaired) electrons. The van der Waals surface area contributed by atoms with Crippen molar-refractivity contribution in [2.45, 2.75) is 20.0 Å². The van der Waals surface area contributed by atoms with E-state index < -0.39 is 0 Å². The minimum atomic E-state index is -0.357. The number of hydrogen-bond acceptors (Lipinski definition) is 5. The van der Waals surface area contributed by atoms with E-state index in [9.17, 15) is 10.1 Å². The molecule has 1 N–H and O–H groups in total. The van der Waals surface area contributed by atoms with Crippen molar-refractivity contribution in [2.75, 3.05) is 0 Å². The fourth-order valence-electron chi connectivity index (χ4n) is 1.63. The first-order chi connectivity index (χ1) is 8.66. The quantitative estimate of drug-likeness (QED) is 0.665. The molecule has 1 aromatic heterocycles. The summed E-state index contributed by atoms with van der Waals surface area (Å²) in [5.41, 5.74) is 0.844. The van der Waals surface area contributed by atoms with Crippen LogP contribution in [0.3, 0.4) is 0 Å². The van der Waals surface area contributed by atoms with Crippen molar-refractivity contribution in [1.29, 1.82) is 0 Å². The van der Waals surface area contributed by atoms with Crippen molar-refractivity contribution in [3.63, 3.8) is 0 Å². The largest absolute Gasteiger partial charge is 0.306 e. The lowest BCUT2D eigenvalue weighted by molar-refractivity contribution is -0.385. The summed E-state index contributed by atoms with van der Waals surface area (Å²) < 4.78 is 0. The molecule has 0 saturated carbocycles. The lowest BCUT2D eigenvalue weighted by Gasteiger charge is -2.03. The molecule has 0 fully saturated rings. The molecule has 0 saturated heterocycles. The summed E-state index contributed by atoms with van der Waals surface area (Å²) in [6, 6.07) is 6.76. The first-order valence-corrected chi connectivity index (χ1v) is 6.33. The number of nitrogens with one attached hydrogen (secondary N) is 1. The summed E-state index contributed by atoms with van der Waals surface area (Å²) in [6.07, 6.45) is 1.83. The smallest absolute Gasteiger partial charge is 0.273 e. The van der Waals surface area contributed by atoms with Crippen LogP contribution in [0.2, 0.25) is 0 Å². The van der Waals surface area contributed by atoms with Crippen molar-refractivity contribution < 1.29 is 4.92 Å². The van der Waals surface area contributed by atoms with Crippen LogP contribution in [0, 0.1) is 17.0 Å². The van der Waals surface area contributed by atoms with E-state index in [4.69, 9.17) is 0 Å². The van der Waals surface area contributed by atoms with Crippen molar-refractivity contribution in [3.05, 3.63) is 56.0 Å². The van der Waals surface area contributed by atoms with Crippen LogP contribution in [-0.4, -0.2) is 9.91 Å². The van der Waals surface area contributed by atoms with Gasteiger partial charge >= 0.3 is 0 Å². The minimum absolute atomic E-state index is 0.153. The Morgan fingerprint density at radius 1 is 1.39 bits per heavy atom. The molecular weight excluding hydrogens is 250 g/mol. The number of benzene rings is 1. The fourth-order valence-corrected chi connectivity index (χ4v) is 2.38. The highest BCUT2D eigenvalue weighted by Gasteiger charge is 2.11. The van der Waals surface area contributed by atoms with Gasteiger partial charge in [-0.1, -0.05) is 18.2 Å². The number of aromatic nitrogens is 1. The molecule has 0 spiro atoms. The van der Waals surface area contributed by atoms with Crippen LogP contribution >= 0.6 is 11.3 Å². The fraction of sp³-hybridized carbons (Fsp3) is 0.250. The Bertz CT molecular complexity index is 554. The molecule has 6 heteroatoms. The average molecular weight is 263 g/mol. The van der Waals surface area contributed by atoms with Gasteiger partial charge in [-0.15, -0.1) is 11.3 Å². The number of nitrogens with zero attached hydrogens (tertiary/aromatic N) is 2. The summed E-state index contributed by atoms with van der Waals surface area (Å²) in [4.78, 5) is 15.9. The molecule has 0 atom stereocenters. The third-order valence-electron chi connectivity index (χ3n) is 2.45. The van der Waals surface area contributed by atoms with Gasteiger partial charge in [0, 0.05) is 35.8 Å². The molecule has 1 heterocycles. The van der Waals surface area contributed by atoms with Gasteiger partial charge in [-0.05, 0) is 6.92 Å². The van der Waals surface area contributed by atoms with Crippen LogP contribution in [0.4, 0.5) is 5.69 Å². The van der Waals surface area contributed by atoms with E-state index in [1.54, 1.807) is 29.5 Å². The van der Waals surface area contributed by atoms with E-state index in [0.717, 1.165) is 9.88 Å². The number of nitro groups is 1. The van der Waals surface area contributed by atoms with Gasteiger partial charge in [0.1, 0.15) is 5.01 Å². The first-order valence-electron chi connectivity index (χ1n) is 5.51. The Morgan fingerprint density at radius 3 is 2.83 bits per heavy atom. The zero-order chi connectivity index (χ0) is 13.0. The van der Waals surface area contributed by atoms with Crippen LogP contribution in [0.15, 0.2) is 30.5 Å². The van der Waals surface area contributed by atoms with Gasteiger partial charge in [0.25, 0.3) is 5.69 Å². The van der Waals surface area contributed by atoms with E-state index in [0.29, 0.717) is 18.7 Å². The number of nitro benzene ring substituents is 1. The second-order valence-corrected chi connectivity index (χ2v) is 5.17. The van der Waals surface area contributed by atoms with E-state index in [1.807, 2.05) is 13.1 Å². The first kappa shape index (κ1) is 12.7. The third kappa shape index (κ3) is 3.12. The zero-order valence-electron chi connectivity index (χ0n) is 9.92. The van der Waals surface area contributed by atoms with E-state index in [1.165, 1.54) is 6.07 Å². The molecule has 0 aliphatic rings.